The standard InChI is InChI=1S/C28H25F2NO4/c1-17(2)16-35-21-7-5-6-19(14-21)26(32)24-25(22-8-3-4-9-23(22)30)31(28(34)27(24)33)15-18-10-12-20(29)13-11-18/h3-14,17,25,32H,15-16H2,1-2H3/b26-24-. The summed E-state index contributed by atoms with van der Waals surface area (Å²) >= 11 is 0. The quantitative estimate of drug-likeness (QED) is 0.272. The SMILES string of the molecule is CC(C)COc1cccc(/C(O)=C2/C(=O)C(=O)N(Cc3ccc(F)cc3)C2c2ccccc2F)c1. The third kappa shape index (κ3) is 5.09. The molecule has 1 aliphatic rings. The zero-order valence-corrected chi connectivity index (χ0v) is 19.4. The molecule has 1 atom stereocenters. The molecule has 0 saturated carbocycles. The predicted molar refractivity (Wildman–Crippen MR) is 127 cm³/mol. The Hall–Kier alpha value is -4.00. The second kappa shape index (κ2) is 10.1. The first-order valence-corrected chi connectivity index (χ1v) is 11.3. The Bertz CT molecular complexity index is 1280. The van der Waals surface area contributed by atoms with Crippen molar-refractivity contribution in [3.8, 4) is 5.75 Å². The van der Waals surface area contributed by atoms with Crippen molar-refractivity contribution in [2.45, 2.75) is 26.4 Å². The normalized spacial score (nSPS) is 17.3. The summed E-state index contributed by atoms with van der Waals surface area (Å²) in [5, 5.41) is 11.2. The van der Waals surface area contributed by atoms with E-state index in [1.54, 1.807) is 30.3 Å². The van der Waals surface area contributed by atoms with Gasteiger partial charge in [-0.15, -0.1) is 0 Å². The molecule has 1 amide bonds. The predicted octanol–water partition coefficient (Wildman–Crippen LogP) is 5.62. The molecular formula is C28H25F2NO4. The van der Waals surface area contributed by atoms with Crippen molar-refractivity contribution >= 4 is 17.4 Å². The largest absolute Gasteiger partial charge is 0.507 e. The van der Waals surface area contributed by atoms with Crippen LogP contribution in [0.15, 0.2) is 78.4 Å². The molecule has 180 valence electrons. The van der Waals surface area contributed by atoms with Crippen molar-refractivity contribution in [2.75, 3.05) is 6.61 Å². The molecule has 5 nitrogen and oxygen atoms in total. The minimum Gasteiger partial charge on any atom is -0.507 e. The number of amides is 1. The van der Waals surface area contributed by atoms with E-state index in [9.17, 15) is 23.5 Å². The summed E-state index contributed by atoms with van der Waals surface area (Å²) in [6.07, 6.45) is 0. The Morgan fingerprint density at radius 1 is 1.00 bits per heavy atom. The van der Waals surface area contributed by atoms with Gasteiger partial charge in [0.15, 0.2) is 0 Å². The average Bonchev–Trinajstić information content (AvgIpc) is 3.09. The Kier molecular flexibility index (Phi) is 6.96. The number of Topliss-reactive ketones (excluding diaryl/α,β-unsaturated/α-hetero) is 1. The fraction of sp³-hybridized carbons (Fsp3) is 0.214. The number of hydrogen-bond donors (Lipinski definition) is 1. The average molecular weight is 478 g/mol. The molecule has 1 aliphatic heterocycles. The van der Waals surface area contributed by atoms with Gasteiger partial charge < -0.3 is 14.7 Å². The lowest BCUT2D eigenvalue weighted by molar-refractivity contribution is -0.140. The first kappa shape index (κ1) is 24.1. The highest BCUT2D eigenvalue weighted by Gasteiger charge is 2.47. The minimum absolute atomic E-state index is 0.0713. The van der Waals surface area contributed by atoms with E-state index >= 15 is 0 Å². The van der Waals surface area contributed by atoms with Crippen molar-refractivity contribution in [3.63, 3.8) is 0 Å². The summed E-state index contributed by atoms with van der Waals surface area (Å²) in [7, 11) is 0. The number of aliphatic hydroxyl groups excluding tert-OH is 1. The van der Waals surface area contributed by atoms with E-state index in [4.69, 9.17) is 4.74 Å². The van der Waals surface area contributed by atoms with Crippen LogP contribution in [0, 0.1) is 17.6 Å². The van der Waals surface area contributed by atoms with Crippen LogP contribution in [0.25, 0.3) is 5.76 Å². The van der Waals surface area contributed by atoms with Gasteiger partial charge in [-0.1, -0.05) is 56.3 Å². The maximum Gasteiger partial charge on any atom is 0.295 e. The van der Waals surface area contributed by atoms with Crippen molar-refractivity contribution in [1.29, 1.82) is 0 Å². The fourth-order valence-electron chi connectivity index (χ4n) is 4.00. The number of nitrogens with zero attached hydrogens (tertiary/aromatic N) is 1. The summed E-state index contributed by atoms with van der Waals surface area (Å²) in [6, 6.07) is 16.6. The molecule has 4 rings (SSSR count). The molecule has 1 unspecified atom stereocenters. The van der Waals surface area contributed by atoms with Gasteiger partial charge in [0.05, 0.1) is 18.2 Å². The van der Waals surface area contributed by atoms with Crippen molar-refractivity contribution < 1.29 is 28.2 Å². The van der Waals surface area contributed by atoms with E-state index in [1.807, 2.05) is 13.8 Å². The Labute approximate surface area is 202 Å². The Balaban J connectivity index is 1.81. The maximum absolute atomic E-state index is 14.9. The van der Waals surface area contributed by atoms with Gasteiger partial charge in [0.1, 0.15) is 23.1 Å². The molecule has 7 heteroatoms. The molecule has 1 saturated heterocycles. The zero-order valence-electron chi connectivity index (χ0n) is 19.4. The van der Waals surface area contributed by atoms with Gasteiger partial charge in [0, 0.05) is 17.7 Å². The first-order valence-electron chi connectivity index (χ1n) is 11.3. The molecule has 1 heterocycles. The van der Waals surface area contributed by atoms with Gasteiger partial charge in [0.2, 0.25) is 0 Å². The molecule has 0 bridgehead atoms. The number of carbonyl (C=O) groups is 2. The van der Waals surface area contributed by atoms with Crippen LogP contribution >= 0.6 is 0 Å². The van der Waals surface area contributed by atoms with Crippen LogP contribution < -0.4 is 4.74 Å². The second-order valence-corrected chi connectivity index (χ2v) is 8.81. The van der Waals surface area contributed by atoms with Crippen molar-refractivity contribution in [2.24, 2.45) is 5.92 Å². The van der Waals surface area contributed by atoms with E-state index in [0.29, 0.717) is 17.9 Å². The number of likely N-dealkylation sites (tertiary alicyclic amines) is 1. The zero-order chi connectivity index (χ0) is 25.1. The minimum atomic E-state index is -1.17. The highest BCUT2D eigenvalue weighted by atomic mass is 19.1. The molecule has 0 aromatic heterocycles. The van der Waals surface area contributed by atoms with E-state index in [1.165, 1.54) is 47.4 Å². The Morgan fingerprint density at radius 2 is 1.71 bits per heavy atom. The lowest BCUT2D eigenvalue weighted by atomic mass is 9.94. The van der Waals surface area contributed by atoms with Gasteiger partial charge in [-0.05, 0) is 41.8 Å². The number of aliphatic hydroxyl groups is 1. The van der Waals surface area contributed by atoms with Crippen LogP contribution in [0.1, 0.15) is 36.6 Å². The molecular weight excluding hydrogens is 452 g/mol. The topological polar surface area (TPSA) is 66.8 Å². The third-order valence-corrected chi connectivity index (χ3v) is 5.70. The number of ether oxygens (including phenoxy) is 1. The number of rotatable bonds is 7. The van der Waals surface area contributed by atoms with E-state index in [2.05, 4.69) is 0 Å². The van der Waals surface area contributed by atoms with Gasteiger partial charge in [-0.2, -0.15) is 0 Å². The molecule has 1 N–H and O–H groups in total. The summed E-state index contributed by atoms with van der Waals surface area (Å²) < 4.78 is 34.0. The monoisotopic (exact) mass is 477 g/mol. The smallest absolute Gasteiger partial charge is 0.295 e. The van der Waals surface area contributed by atoms with E-state index < -0.39 is 35.1 Å². The lowest BCUT2D eigenvalue weighted by Gasteiger charge is -2.25. The van der Waals surface area contributed by atoms with Crippen LogP contribution in [0.2, 0.25) is 0 Å². The third-order valence-electron chi connectivity index (χ3n) is 5.70. The number of benzene rings is 3. The molecule has 0 aliphatic carbocycles. The van der Waals surface area contributed by atoms with E-state index in [0.717, 1.165) is 0 Å². The Morgan fingerprint density at radius 3 is 2.40 bits per heavy atom. The fourth-order valence-corrected chi connectivity index (χ4v) is 4.00. The second-order valence-electron chi connectivity index (χ2n) is 8.81. The molecule has 3 aromatic rings. The number of carbonyl (C=O) groups excluding carboxylic acids is 2. The van der Waals surface area contributed by atoms with Gasteiger partial charge >= 0.3 is 0 Å². The van der Waals surface area contributed by atoms with Crippen LogP contribution in [0.3, 0.4) is 0 Å². The summed E-state index contributed by atoms with van der Waals surface area (Å²) in [5.41, 5.74) is 0.678. The van der Waals surface area contributed by atoms with E-state index in [-0.39, 0.29) is 29.2 Å². The summed E-state index contributed by atoms with van der Waals surface area (Å²) in [5.74, 6) is -2.52. The molecule has 0 spiro atoms. The first-order chi connectivity index (χ1) is 16.8. The number of halogens is 2. The van der Waals surface area contributed by atoms with Crippen LogP contribution in [-0.2, 0) is 16.1 Å². The van der Waals surface area contributed by atoms with Crippen LogP contribution in [0.4, 0.5) is 8.78 Å². The number of ketones is 1. The summed E-state index contributed by atoms with van der Waals surface area (Å²) in [4.78, 5) is 27.4. The van der Waals surface area contributed by atoms with Gasteiger partial charge in [-0.25, -0.2) is 8.78 Å². The van der Waals surface area contributed by atoms with Gasteiger partial charge in [-0.3, -0.25) is 9.59 Å². The lowest BCUT2D eigenvalue weighted by Crippen LogP contribution is -2.29. The van der Waals surface area contributed by atoms with Crippen molar-refractivity contribution in [3.05, 3.63) is 107 Å². The van der Waals surface area contributed by atoms with Crippen LogP contribution in [-0.4, -0.2) is 28.3 Å². The van der Waals surface area contributed by atoms with Crippen molar-refractivity contribution in [1.82, 2.24) is 4.90 Å². The van der Waals surface area contributed by atoms with Gasteiger partial charge in [0.25, 0.3) is 11.7 Å². The molecule has 0 radical (unpaired) electrons. The number of hydrogen-bond acceptors (Lipinski definition) is 4. The molecule has 1 fully saturated rings. The van der Waals surface area contributed by atoms with Crippen LogP contribution in [0.5, 0.6) is 5.75 Å². The molecule has 3 aromatic carbocycles. The summed E-state index contributed by atoms with van der Waals surface area (Å²) in [6.45, 7) is 4.39. The maximum atomic E-state index is 14.9. The molecule has 35 heavy (non-hydrogen) atoms. The highest BCUT2D eigenvalue weighted by Crippen LogP contribution is 2.41. The highest BCUT2D eigenvalue weighted by molar-refractivity contribution is 6.46.